The number of hydrogen-bond acceptors (Lipinski definition) is 5. The zero-order chi connectivity index (χ0) is 22.5. The lowest BCUT2D eigenvalue weighted by molar-refractivity contribution is -0.129. The van der Waals surface area contributed by atoms with Crippen LogP contribution >= 0.6 is 27.5 Å². The Morgan fingerprint density at radius 3 is 2.62 bits per heavy atom. The summed E-state index contributed by atoms with van der Waals surface area (Å²) in [5.74, 6) is 0.679. The van der Waals surface area contributed by atoms with E-state index in [9.17, 15) is 4.79 Å². The zero-order valence-electron chi connectivity index (χ0n) is 17.2. The summed E-state index contributed by atoms with van der Waals surface area (Å²) in [6.07, 6.45) is 1.62. The number of cyclic esters (lactones) is 1. The minimum atomic E-state index is -0.520. The Hall–Kier alpha value is -3.09. The molecule has 7 heteroatoms. The number of carbonyl (C=O) groups is 1. The molecule has 0 atom stereocenters. The second kappa shape index (κ2) is 10.0. The largest absolute Gasteiger partial charge is 0.490 e. The average Bonchev–Trinajstić information content (AvgIpc) is 3.14. The van der Waals surface area contributed by atoms with Gasteiger partial charge < -0.3 is 14.2 Å². The minimum absolute atomic E-state index is 0.185. The van der Waals surface area contributed by atoms with Gasteiger partial charge in [0.25, 0.3) is 0 Å². The van der Waals surface area contributed by atoms with E-state index < -0.39 is 5.97 Å². The monoisotopic (exact) mass is 511 g/mol. The SMILES string of the molecule is CCOc1cc(/C=C2\N=C(c3ccccc3)OC2=O)cc(Cl)c1OCc1cccc(Br)c1. The summed E-state index contributed by atoms with van der Waals surface area (Å²) in [6.45, 7) is 2.64. The molecule has 5 nitrogen and oxygen atoms in total. The Balaban J connectivity index is 1.61. The molecule has 0 fully saturated rings. The van der Waals surface area contributed by atoms with Crippen LogP contribution in [0.25, 0.3) is 6.08 Å². The standard InChI is InChI=1S/C25H19BrClNO4/c1-2-30-22-14-17(12-20(27)23(22)31-15-16-7-6-10-19(26)11-16)13-21-25(29)32-24(28-21)18-8-4-3-5-9-18/h3-14H,2,15H2,1H3/b21-13-. The van der Waals surface area contributed by atoms with Crippen LogP contribution in [0.1, 0.15) is 23.6 Å². The van der Waals surface area contributed by atoms with Crippen molar-refractivity contribution in [3.63, 3.8) is 0 Å². The fourth-order valence-corrected chi connectivity index (χ4v) is 3.85. The Kier molecular flexibility index (Phi) is 6.93. The fourth-order valence-electron chi connectivity index (χ4n) is 3.13. The molecule has 0 spiro atoms. The topological polar surface area (TPSA) is 57.1 Å². The van der Waals surface area contributed by atoms with E-state index in [1.165, 1.54) is 0 Å². The maximum absolute atomic E-state index is 12.3. The molecule has 0 saturated heterocycles. The first-order valence-electron chi connectivity index (χ1n) is 9.95. The summed E-state index contributed by atoms with van der Waals surface area (Å²) in [6, 6.07) is 20.6. The van der Waals surface area contributed by atoms with Gasteiger partial charge >= 0.3 is 5.97 Å². The maximum Gasteiger partial charge on any atom is 0.363 e. The van der Waals surface area contributed by atoms with Crippen molar-refractivity contribution < 1.29 is 19.0 Å². The normalized spacial score (nSPS) is 14.3. The van der Waals surface area contributed by atoms with Crippen molar-refractivity contribution in [2.45, 2.75) is 13.5 Å². The molecule has 162 valence electrons. The van der Waals surface area contributed by atoms with Crippen molar-refractivity contribution >= 4 is 45.5 Å². The van der Waals surface area contributed by atoms with Crippen molar-refractivity contribution in [2.24, 2.45) is 4.99 Å². The lowest BCUT2D eigenvalue weighted by Crippen LogP contribution is -2.05. The smallest absolute Gasteiger partial charge is 0.363 e. The second-order valence-electron chi connectivity index (χ2n) is 6.88. The fraction of sp³-hybridized carbons (Fsp3) is 0.120. The molecule has 3 aromatic rings. The van der Waals surface area contributed by atoms with Crippen LogP contribution in [0, 0.1) is 0 Å². The van der Waals surface area contributed by atoms with Gasteiger partial charge in [-0.05, 0) is 60.5 Å². The highest BCUT2D eigenvalue weighted by atomic mass is 79.9. The van der Waals surface area contributed by atoms with Gasteiger partial charge in [-0.3, -0.25) is 0 Å². The first-order chi connectivity index (χ1) is 15.5. The molecule has 0 bridgehead atoms. The van der Waals surface area contributed by atoms with Crippen LogP contribution < -0.4 is 9.47 Å². The molecule has 1 heterocycles. The van der Waals surface area contributed by atoms with E-state index in [0.29, 0.717) is 35.3 Å². The van der Waals surface area contributed by atoms with Crippen LogP contribution in [0.4, 0.5) is 0 Å². The van der Waals surface area contributed by atoms with Gasteiger partial charge in [0.1, 0.15) is 6.61 Å². The summed E-state index contributed by atoms with van der Waals surface area (Å²) < 4.78 is 18.0. The third-order valence-electron chi connectivity index (χ3n) is 4.55. The predicted octanol–water partition coefficient (Wildman–Crippen LogP) is 6.42. The molecule has 0 N–H and O–H groups in total. The minimum Gasteiger partial charge on any atom is -0.490 e. The Bertz CT molecular complexity index is 1210. The zero-order valence-corrected chi connectivity index (χ0v) is 19.5. The number of hydrogen-bond donors (Lipinski definition) is 0. The summed E-state index contributed by atoms with van der Waals surface area (Å²) in [4.78, 5) is 16.6. The van der Waals surface area contributed by atoms with Crippen LogP contribution in [0.5, 0.6) is 11.5 Å². The van der Waals surface area contributed by atoms with Gasteiger partial charge in [0.05, 0.1) is 11.6 Å². The molecule has 0 aliphatic carbocycles. The van der Waals surface area contributed by atoms with Gasteiger partial charge in [0.2, 0.25) is 5.90 Å². The number of rotatable bonds is 7. The van der Waals surface area contributed by atoms with E-state index in [1.807, 2.05) is 61.5 Å². The molecule has 0 radical (unpaired) electrons. The summed E-state index contributed by atoms with van der Waals surface area (Å²) >= 11 is 9.97. The first-order valence-corrected chi connectivity index (χ1v) is 11.1. The molecule has 0 saturated carbocycles. The van der Waals surface area contributed by atoms with Crippen molar-refractivity contribution in [2.75, 3.05) is 6.61 Å². The molecule has 3 aromatic carbocycles. The van der Waals surface area contributed by atoms with E-state index in [-0.39, 0.29) is 11.6 Å². The number of ether oxygens (including phenoxy) is 3. The van der Waals surface area contributed by atoms with Crippen molar-refractivity contribution in [1.82, 2.24) is 0 Å². The highest BCUT2D eigenvalue weighted by Gasteiger charge is 2.24. The van der Waals surface area contributed by atoms with Gasteiger partial charge in [0, 0.05) is 10.0 Å². The molecule has 0 unspecified atom stereocenters. The molecular weight excluding hydrogens is 494 g/mol. The first kappa shape index (κ1) is 22.1. The van der Waals surface area contributed by atoms with E-state index in [2.05, 4.69) is 20.9 Å². The number of benzene rings is 3. The summed E-state index contributed by atoms with van der Waals surface area (Å²) in [5.41, 5.74) is 2.55. The van der Waals surface area contributed by atoms with Crippen LogP contribution in [-0.2, 0) is 16.1 Å². The van der Waals surface area contributed by atoms with Crippen molar-refractivity contribution in [3.05, 3.63) is 98.6 Å². The highest BCUT2D eigenvalue weighted by Crippen LogP contribution is 2.38. The van der Waals surface area contributed by atoms with E-state index in [4.69, 9.17) is 25.8 Å². The molecule has 4 rings (SSSR count). The average molecular weight is 513 g/mol. The highest BCUT2D eigenvalue weighted by molar-refractivity contribution is 9.10. The molecule has 0 amide bonds. The Labute approximate surface area is 199 Å². The summed E-state index contributed by atoms with van der Waals surface area (Å²) in [7, 11) is 0. The number of carbonyl (C=O) groups excluding carboxylic acids is 1. The van der Waals surface area contributed by atoms with Crippen LogP contribution in [0.15, 0.2) is 81.9 Å². The van der Waals surface area contributed by atoms with Gasteiger partial charge in [0.15, 0.2) is 17.2 Å². The maximum atomic E-state index is 12.3. The van der Waals surface area contributed by atoms with Gasteiger partial charge in [-0.25, -0.2) is 9.79 Å². The Morgan fingerprint density at radius 1 is 1.06 bits per heavy atom. The molecule has 32 heavy (non-hydrogen) atoms. The summed E-state index contributed by atoms with van der Waals surface area (Å²) in [5, 5.41) is 0.372. The van der Waals surface area contributed by atoms with Crippen molar-refractivity contribution in [1.29, 1.82) is 0 Å². The van der Waals surface area contributed by atoms with E-state index in [1.54, 1.807) is 18.2 Å². The lowest BCUT2D eigenvalue weighted by Gasteiger charge is -2.14. The van der Waals surface area contributed by atoms with Gasteiger partial charge in [-0.15, -0.1) is 0 Å². The molecular formula is C25H19BrClNO4. The van der Waals surface area contributed by atoms with E-state index >= 15 is 0 Å². The number of nitrogens with zero attached hydrogens (tertiary/aromatic N) is 1. The molecule has 0 aromatic heterocycles. The lowest BCUT2D eigenvalue weighted by atomic mass is 10.1. The molecule has 1 aliphatic heterocycles. The number of aliphatic imine (C=N–C) groups is 1. The molecule has 1 aliphatic rings. The second-order valence-corrected chi connectivity index (χ2v) is 8.21. The number of halogens is 2. The Morgan fingerprint density at radius 2 is 1.88 bits per heavy atom. The van der Waals surface area contributed by atoms with Crippen molar-refractivity contribution in [3.8, 4) is 11.5 Å². The van der Waals surface area contributed by atoms with Gasteiger partial charge in [-0.2, -0.15) is 0 Å². The third kappa shape index (κ3) is 5.21. The predicted molar refractivity (Wildman–Crippen MR) is 128 cm³/mol. The van der Waals surface area contributed by atoms with E-state index in [0.717, 1.165) is 15.6 Å². The van der Waals surface area contributed by atoms with Crippen LogP contribution in [0.2, 0.25) is 5.02 Å². The van der Waals surface area contributed by atoms with Crippen LogP contribution in [0.3, 0.4) is 0 Å². The number of esters is 1. The van der Waals surface area contributed by atoms with Gasteiger partial charge in [-0.1, -0.05) is 57.9 Å². The quantitative estimate of drug-likeness (QED) is 0.271. The third-order valence-corrected chi connectivity index (χ3v) is 5.32. The van der Waals surface area contributed by atoms with Crippen LogP contribution in [-0.4, -0.2) is 18.5 Å².